The molecule has 2 aromatic heterocycles. The first-order valence-electron chi connectivity index (χ1n) is 5.01. The van der Waals surface area contributed by atoms with Gasteiger partial charge in [0.2, 0.25) is 0 Å². The highest BCUT2D eigenvalue weighted by Crippen LogP contribution is 2.11. The number of imidazole rings is 1. The lowest BCUT2D eigenvalue weighted by Crippen LogP contribution is -2.32. The van der Waals surface area contributed by atoms with Crippen molar-refractivity contribution in [2.24, 2.45) is 5.73 Å². The van der Waals surface area contributed by atoms with Gasteiger partial charge in [0.05, 0.1) is 11.8 Å². The summed E-state index contributed by atoms with van der Waals surface area (Å²) in [5.41, 5.74) is 8.45. The zero-order valence-electron chi connectivity index (χ0n) is 8.70. The van der Waals surface area contributed by atoms with Gasteiger partial charge in [-0.05, 0) is 18.6 Å². The van der Waals surface area contributed by atoms with Gasteiger partial charge in [0.25, 0.3) is 0 Å². The first-order valence-corrected chi connectivity index (χ1v) is 5.01. The van der Waals surface area contributed by atoms with Crippen LogP contribution in [0.25, 0.3) is 11.2 Å². The zero-order valence-corrected chi connectivity index (χ0v) is 8.70. The molecule has 0 bridgehead atoms. The van der Waals surface area contributed by atoms with Gasteiger partial charge in [-0.25, -0.2) is 9.97 Å². The highest BCUT2D eigenvalue weighted by Gasteiger charge is 2.04. The van der Waals surface area contributed by atoms with Gasteiger partial charge in [-0.2, -0.15) is 0 Å². The Balaban J connectivity index is 2.17. The standard InChI is InChI=1S/C10H15N5/c1-7(4-11)13-5-8-2-3-12-10-9(8)14-6-15-10/h2-3,6-7,13H,4-5,11H2,1H3,(H,12,14,15)/t7-/m1/s1. The molecule has 0 fully saturated rings. The van der Waals surface area contributed by atoms with E-state index >= 15 is 0 Å². The molecular weight excluding hydrogens is 190 g/mol. The van der Waals surface area contributed by atoms with Gasteiger partial charge in [-0.1, -0.05) is 0 Å². The first kappa shape index (κ1) is 10.1. The van der Waals surface area contributed by atoms with Crippen molar-refractivity contribution in [2.45, 2.75) is 19.5 Å². The van der Waals surface area contributed by atoms with Crippen LogP contribution in [-0.2, 0) is 6.54 Å². The van der Waals surface area contributed by atoms with E-state index in [0.29, 0.717) is 12.6 Å². The van der Waals surface area contributed by atoms with Crippen LogP contribution in [-0.4, -0.2) is 27.5 Å². The molecule has 5 nitrogen and oxygen atoms in total. The van der Waals surface area contributed by atoms with Gasteiger partial charge in [-0.15, -0.1) is 0 Å². The van der Waals surface area contributed by atoms with Gasteiger partial charge in [0.1, 0.15) is 0 Å². The van der Waals surface area contributed by atoms with E-state index < -0.39 is 0 Å². The van der Waals surface area contributed by atoms with E-state index in [4.69, 9.17) is 5.73 Å². The summed E-state index contributed by atoms with van der Waals surface area (Å²) in [7, 11) is 0. The molecule has 1 atom stereocenters. The van der Waals surface area contributed by atoms with E-state index in [-0.39, 0.29) is 0 Å². The number of H-pyrrole nitrogens is 1. The van der Waals surface area contributed by atoms with Crippen molar-refractivity contribution in [3.8, 4) is 0 Å². The molecule has 2 aromatic rings. The molecule has 15 heavy (non-hydrogen) atoms. The maximum atomic E-state index is 5.53. The quantitative estimate of drug-likeness (QED) is 0.674. The van der Waals surface area contributed by atoms with E-state index in [0.717, 1.165) is 23.3 Å². The molecule has 0 unspecified atom stereocenters. The van der Waals surface area contributed by atoms with Crippen molar-refractivity contribution >= 4 is 11.2 Å². The van der Waals surface area contributed by atoms with E-state index in [9.17, 15) is 0 Å². The lowest BCUT2D eigenvalue weighted by atomic mass is 10.2. The number of nitrogens with two attached hydrogens (primary N) is 1. The van der Waals surface area contributed by atoms with Crippen LogP contribution in [0.1, 0.15) is 12.5 Å². The average molecular weight is 205 g/mol. The molecule has 0 aliphatic rings. The summed E-state index contributed by atoms with van der Waals surface area (Å²) < 4.78 is 0. The van der Waals surface area contributed by atoms with Crippen molar-refractivity contribution in [2.75, 3.05) is 6.54 Å². The molecule has 5 heteroatoms. The van der Waals surface area contributed by atoms with Crippen LogP contribution < -0.4 is 11.1 Å². The van der Waals surface area contributed by atoms with Crippen LogP contribution in [0.3, 0.4) is 0 Å². The fraction of sp³-hybridized carbons (Fsp3) is 0.400. The second-order valence-electron chi connectivity index (χ2n) is 3.59. The molecule has 80 valence electrons. The van der Waals surface area contributed by atoms with Gasteiger partial charge in [0.15, 0.2) is 5.65 Å². The predicted octanol–water partition coefficient (Wildman–Crippen LogP) is 0.395. The van der Waals surface area contributed by atoms with Crippen LogP contribution in [0, 0.1) is 0 Å². The topological polar surface area (TPSA) is 79.6 Å². The lowest BCUT2D eigenvalue weighted by Gasteiger charge is -2.11. The van der Waals surface area contributed by atoms with E-state index in [1.54, 1.807) is 12.5 Å². The molecule has 0 aliphatic carbocycles. The van der Waals surface area contributed by atoms with E-state index in [1.807, 2.05) is 6.07 Å². The number of aromatic nitrogens is 3. The molecule has 2 rings (SSSR count). The second kappa shape index (κ2) is 4.37. The monoisotopic (exact) mass is 205 g/mol. The number of nitrogens with one attached hydrogen (secondary N) is 2. The Kier molecular flexibility index (Phi) is 2.94. The van der Waals surface area contributed by atoms with Crippen LogP contribution in [0.2, 0.25) is 0 Å². The number of aromatic amines is 1. The Bertz CT molecular complexity index is 436. The number of rotatable bonds is 4. The third-order valence-corrected chi connectivity index (χ3v) is 2.41. The minimum atomic E-state index is 0.316. The Morgan fingerprint density at radius 2 is 2.40 bits per heavy atom. The summed E-state index contributed by atoms with van der Waals surface area (Å²) in [6, 6.07) is 2.30. The normalized spacial score (nSPS) is 13.2. The largest absolute Gasteiger partial charge is 0.343 e. The maximum absolute atomic E-state index is 5.53. The first-order chi connectivity index (χ1) is 7.31. The predicted molar refractivity (Wildman–Crippen MR) is 59.2 cm³/mol. The summed E-state index contributed by atoms with van der Waals surface area (Å²) >= 11 is 0. The number of fused-ring (bicyclic) bond motifs is 1. The van der Waals surface area contributed by atoms with Crippen molar-refractivity contribution in [1.82, 2.24) is 20.3 Å². The minimum absolute atomic E-state index is 0.316. The summed E-state index contributed by atoms with van der Waals surface area (Å²) in [6.45, 7) is 3.47. The molecule has 2 heterocycles. The molecule has 0 aromatic carbocycles. The van der Waals surface area contributed by atoms with Gasteiger partial charge >= 0.3 is 0 Å². The van der Waals surface area contributed by atoms with Crippen molar-refractivity contribution in [3.63, 3.8) is 0 Å². The third-order valence-electron chi connectivity index (χ3n) is 2.41. The Hall–Kier alpha value is -1.46. The maximum Gasteiger partial charge on any atom is 0.177 e. The second-order valence-corrected chi connectivity index (χ2v) is 3.59. The van der Waals surface area contributed by atoms with Gasteiger partial charge < -0.3 is 16.0 Å². The van der Waals surface area contributed by atoms with Crippen molar-refractivity contribution < 1.29 is 0 Å². The third kappa shape index (κ3) is 2.14. The smallest absolute Gasteiger partial charge is 0.177 e. The highest BCUT2D eigenvalue weighted by atomic mass is 15.0. The summed E-state index contributed by atoms with van der Waals surface area (Å²) in [5, 5.41) is 3.33. The number of hydrogen-bond acceptors (Lipinski definition) is 4. The lowest BCUT2D eigenvalue weighted by molar-refractivity contribution is 0.557. The number of pyridine rings is 1. The molecule has 4 N–H and O–H groups in total. The fourth-order valence-electron chi connectivity index (χ4n) is 1.42. The van der Waals surface area contributed by atoms with Gasteiger partial charge in [-0.3, -0.25) is 0 Å². The molecular formula is C10H15N5. The van der Waals surface area contributed by atoms with Gasteiger partial charge in [0, 0.05) is 25.3 Å². The van der Waals surface area contributed by atoms with E-state index in [1.165, 1.54) is 0 Å². The average Bonchev–Trinajstić information content (AvgIpc) is 2.74. The molecule has 0 spiro atoms. The fourth-order valence-corrected chi connectivity index (χ4v) is 1.42. The van der Waals surface area contributed by atoms with E-state index in [2.05, 4.69) is 27.2 Å². The zero-order chi connectivity index (χ0) is 10.7. The number of hydrogen-bond donors (Lipinski definition) is 3. The highest BCUT2D eigenvalue weighted by molar-refractivity contribution is 5.73. The van der Waals surface area contributed by atoms with Crippen molar-refractivity contribution in [1.29, 1.82) is 0 Å². The Morgan fingerprint density at radius 1 is 1.53 bits per heavy atom. The SMILES string of the molecule is C[C@H](CN)NCc1ccnc2nc[nH]c12. The molecule has 0 radical (unpaired) electrons. The van der Waals surface area contributed by atoms with Crippen molar-refractivity contribution in [3.05, 3.63) is 24.2 Å². The summed E-state index contributed by atoms with van der Waals surface area (Å²) in [5.74, 6) is 0. The molecule has 0 saturated heterocycles. The van der Waals surface area contributed by atoms with Crippen LogP contribution in [0.15, 0.2) is 18.6 Å². The summed E-state index contributed by atoms with van der Waals surface area (Å²) in [4.78, 5) is 11.3. The number of nitrogens with zero attached hydrogens (tertiary/aromatic N) is 2. The molecule has 0 aliphatic heterocycles. The molecule has 0 saturated carbocycles. The Labute approximate surface area is 88.1 Å². The minimum Gasteiger partial charge on any atom is -0.343 e. The molecule has 0 amide bonds. The van der Waals surface area contributed by atoms with Crippen LogP contribution in [0.4, 0.5) is 0 Å². The van der Waals surface area contributed by atoms with Crippen LogP contribution >= 0.6 is 0 Å². The van der Waals surface area contributed by atoms with Crippen LogP contribution in [0.5, 0.6) is 0 Å². The Morgan fingerprint density at radius 3 is 3.20 bits per heavy atom. The summed E-state index contributed by atoms with van der Waals surface area (Å²) in [6.07, 6.45) is 3.43.